The first-order chi connectivity index (χ1) is 14.6. The molecular weight excluding hydrogens is 380 g/mol. The lowest BCUT2D eigenvalue weighted by Gasteiger charge is -2.34. The number of nitrogens with one attached hydrogen (secondary N) is 2. The zero-order valence-corrected chi connectivity index (χ0v) is 18.3. The Kier molecular flexibility index (Phi) is 7.65. The van der Waals surface area contributed by atoms with Gasteiger partial charge in [0.1, 0.15) is 0 Å². The minimum atomic E-state index is -0.205. The first-order valence-corrected chi connectivity index (χ1v) is 11.2. The largest absolute Gasteiger partial charge is 0.342 e. The van der Waals surface area contributed by atoms with Crippen molar-refractivity contribution >= 4 is 17.6 Å². The van der Waals surface area contributed by atoms with Crippen LogP contribution in [0.3, 0.4) is 0 Å². The molecule has 2 aromatic heterocycles. The summed E-state index contributed by atoms with van der Waals surface area (Å²) in [6, 6.07) is 5.43. The predicted octanol–water partition coefficient (Wildman–Crippen LogP) is 3.30. The van der Waals surface area contributed by atoms with E-state index in [1.807, 2.05) is 33.7 Å². The van der Waals surface area contributed by atoms with Gasteiger partial charge in [-0.25, -0.2) is 4.79 Å². The summed E-state index contributed by atoms with van der Waals surface area (Å²) in [4.78, 5) is 27.2. The Morgan fingerprint density at radius 3 is 2.53 bits per heavy atom. The van der Waals surface area contributed by atoms with Crippen LogP contribution >= 0.6 is 0 Å². The van der Waals surface area contributed by atoms with Gasteiger partial charge in [-0.05, 0) is 44.2 Å². The van der Waals surface area contributed by atoms with Crippen molar-refractivity contribution in [3.8, 4) is 0 Å². The van der Waals surface area contributed by atoms with Crippen molar-refractivity contribution in [2.24, 2.45) is 5.92 Å². The van der Waals surface area contributed by atoms with E-state index in [1.54, 1.807) is 0 Å². The molecule has 2 aromatic rings. The average Bonchev–Trinajstić information content (AvgIpc) is 3.19. The van der Waals surface area contributed by atoms with Crippen LogP contribution in [0.4, 0.5) is 4.79 Å². The number of hydrogen-bond donors (Lipinski definition) is 2. The van der Waals surface area contributed by atoms with Gasteiger partial charge in [-0.15, -0.1) is 10.2 Å². The third-order valence-electron chi connectivity index (χ3n) is 6.01. The molecule has 1 unspecified atom stereocenters. The Morgan fingerprint density at radius 1 is 1.13 bits per heavy atom. The quantitative estimate of drug-likeness (QED) is 0.693. The second-order valence-electron chi connectivity index (χ2n) is 8.06. The minimum absolute atomic E-state index is 0.0770. The maximum Gasteiger partial charge on any atom is 0.315 e. The van der Waals surface area contributed by atoms with Gasteiger partial charge in [0.25, 0.3) is 0 Å². The highest BCUT2D eigenvalue weighted by Crippen LogP contribution is 2.19. The first-order valence-electron chi connectivity index (χ1n) is 11.2. The van der Waals surface area contributed by atoms with Crippen molar-refractivity contribution in [3.05, 3.63) is 30.2 Å². The number of amides is 3. The maximum absolute atomic E-state index is 12.7. The van der Waals surface area contributed by atoms with Gasteiger partial charge >= 0.3 is 6.03 Å². The molecule has 0 bridgehead atoms. The summed E-state index contributed by atoms with van der Waals surface area (Å²) in [6.07, 6.45) is 6.95. The van der Waals surface area contributed by atoms with E-state index in [9.17, 15) is 9.59 Å². The van der Waals surface area contributed by atoms with E-state index in [-0.39, 0.29) is 29.9 Å². The lowest BCUT2D eigenvalue weighted by atomic mass is 9.98. The molecule has 3 amide bonds. The molecule has 0 radical (unpaired) electrons. The van der Waals surface area contributed by atoms with Gasteiger partial charge in [-0.3, -0.25) is 9.20 Å². The van der Waals surface area contributed by atoms with Crippen molar-refractivity contribution in [3.63, 3.8) is 0 Å². The van der Waals surface area contributed by atoms with Crippen LogP contribution in [0.2, 0.25) is 0 Å². The number of nitrogens with zero attached hydrogens (tertiary/aromatic N) is 4. The summed E-state index contributed by atoms with van der Waals surface area (Å²) in [5.74, 6) is 1.11. The molecule has 1 fully saturated rings. The lowest BCUT2D eigenvalue weighted by Crippen LogP contribution is -2.50. The van der Waals surface area contributed by atoms with Crippen LogP contribution in [0.15, 0.2) is 24.4 Å². The molecule has 164 valence electrons. The van der Waals surface area contributed by atoms with Crippen LogP contribution < -0.4 is 10.6 Å². The van der Waals surface area contributed by atoms with E-state index in [2.05, 4.69) is 41.6 Å². The molecule has 1 aliphatic rings. The Hall–Kier alpha value is -2.64. The van der Waals surface area contributed by atoms with Gasteiger partial charge < -0.3 is 15.5 Å². The fourth-order valence-electron chi connectivity index (χ4n) is 4.18. The topological polar surface area (TPSA) is 91.6 Å². The van der Waals surface area contributed by atoms with E-state index < -0.39 is 0 Å². The summed E-state index contributed by atoms with van der Waals surface area (Å²) in [5.41, 5.74) is 0.769. The normalized spacial score (nSPS) is 16.1. The van der Waals surface area contributed by atoms with Crippen molar-refractivity contribution in [2.75, 3.05) is 13.1 Å². The molecule has 30 heavy (non-hydrogen) atoms. The first kappa shape index (κ1) is 22.1. The van der Waals surface area contributed by atoms with Crippen molar-refractivity contribution in [2.45, 2.75) is 71.4 Å². The second kappa shape index (κ2) is 10.4. The number of aromatic nitrogens is 3. The van der Waals surface area contributed by atoms with Crippen LogP contribution in [-0.2, 0) is 4.79 Å². The average molecular weight is 415 g/mol. The third kappa shape index (κ3) is 5.09. The predicted molar refractivity (Wildman–Crippen MR) is 116 cm³/mol. The van der Waals surface area contributed by atoms with Crippen LogP contribution in [-0.4, -0.2) is 50.6 Å². The van der Waals surface area contributed by atoms with E-state index in [4.69, 9.17) is 0 Å². The molecule has 0 spiro atoms. The third-order valence-corrected chi connectivity index (χ3v) is 6.01. The Labute approximate surface area is 178 Å². The van der Waals surface area contributed by atoms with Crippen molar-refractivity contribution in [1.29, 1.82) is 0 Å². The molecule has 0 aliphatic carbocycles. The fraction of sp³-hybridized carbons (Fsp3) is 0.636. The lowest BCUT2D eigenvalue weighted by molar-refractivity contribution is -0.136. The molecule has 3 heterocycles. The van der Waals surface area contributed by atoms with Gasteiger partial charge in [0, 0.05) is 31.2 Å². The van der Waals surface area contributed by atoms with Gasteiger partial charge in [-0.1, -0.05) is 33.3 Å². The molecule has 2 N–H and O–H groups in total. The molecule has 8 heteroatoms. The molecule has 0 aromatic carbocycles. The number of pyridine rings is 1. The summed E-state index contributed by atoms with van der Waals surface area (Å²) in [7, 11) is 0. The highest BCUT2D eigenvalue weighted by molar-refractivity contribution is 5.79. The van der Waals surface area contributed by atoms with E-state index in [0.717, 1.165) is 50.0 Å². The molecule has 3 rings (SSSR count). The molecule has 8 nitrogen and oxygen atoms in total. The number of carbonyl (C=O) groups excluding carboxylic acids is 2. The zero-order chi connectivity index (χ0) is 21.5. The van der Waals surface area contributed by atoms with Crippen LogP contribution in [0.5, 0.6) is 0 Å². The van der Waals surface area contributed by atoms with E-state index >= 15 is 0 Å². The number of hydrogen-bond acceptors (Lipinski definition) is 4. The molecule has 1 saturated heterocycles. The maximum atomic E-state index is 12.7. The summed E-state index contributed by atoms with van der Waals surface area (Å²) in [6.45, 7) is 7.62. The number of piperidine rings is 1. The number of fused-ring (bicyclic) bond motifs is 1. The Morgan fingerprint density at radius 2 is 1.87 bits per heavy atom. The van der Waals surface area contributed by atoms with Crippen LogP contribution in [0, 0.1) is 5.92 Å². The van der Waals surface area contributed by atoms with E-state index in [0.29, 0.717) is 13.1 Å². The van der Waals surface area contributed by atoms with Gasteiger partial charge in [-0.2, -0.15) is 0 Å². The van der Waals surface area contributed by atoms with Crippen molar-refractivity contribution < 1.29 is 9.59 Å². The number of likely N-dealkylation sites (tertiary alicyclic amines) is 1. The molecule has 1 atom stereocenters. The van der Waals surface area contributed by atoms with Gasteiger partial charge in [0.05, 0.1) is 6.04 Å². The smallest absolute Gasteiger partial charge is 0.315 e. The summed E-state index contributed by atoms with van der Waals surface area (Å²) in [5, 5.41) is 14.7. The second-order valence-corrected chi connectivity index (χ2v) is 8.06. The summed E-state index contributed by atoms with van der Waals surface area (Å²) >= 11 is 0. The SMILES string of the molecule is CCCC(NC(=O)NC1CCN(C(=O)C(CC)CC)CC1)c1nnc2ccccn12. The summed E-state index contributed by atoms with van der Waals surface area (Å²) < 4.78 is 1.92. The number of rotatable bonds is 8. The standard InChI is InChI=1S/C22H34N6O2/c1-4-9-18(20-26-25-19-10-7-8-13-28(19)20)24-22(30)23-17-11-14-27(15-12-17)21(29)16(5-2)6-3/h7-8,10,13,16-18H,4-6,9,11-12,14-15H2,1-3H3,(H2,23,24,30). The molecular formula is C22H34N6O2. The van der Waals surface area contributed by atoms with Crippen molar-refractivity contribution in [1.82, 2.24) is 30.1 Å². The zero-order valence-electron chi connectivity index (χ0n) is 18.3. The number of carbonyl (C=O) groups is 2. The van der Waals surface area contributed by atoms with Gasteiger partial charge in [0.2, 0.25) is 5.91 Å². The number of urea groups is 1. The Balaban J connectivity index is 1.55. The minimum Gasteiger partial charge on any atom is -0.342 e. The molecule has 0 saturated carbocycles. The highest BCUT2D eigenvalue weighted by Gasteiger charge is 2.28. The van der Waals surface area contributed by atoms with Gasteiger partial charge in [0.15, 0.2) is 11.5 Å². The van der Waals surface area contributed by atoms with Crippen LogP contribution in [0.25, 0.3) is 5.65 Å². The monoisotopic (exact) mass is 414 g/mol. The Bertz CT molecular complexity index is 839. The van der Waals surface area contributed by atoms with E-state index in [1.165, 1.54) is 0 Å². The van der Waals surface area contributed by atoms with Crippen LogP contribution in [0.1, 0.15) is 71.2 Å². The fourth-order valence-corrected chi connectivity index (χ4v) is 4.18. The highest BCUT2D eigenvalue weighted by atomic mass is 16.2. The molecule has 1 aliphatic heterocycles.